The first-order valence-corrected chi connectivity index (χ1v) is 7.37. The van der Waals surface area contributed by atoms with E-state index in [1.807, 2.05) is 30.3 Å². The number of benzene rings is 1. The topological polar surface area (TPSA) is 72.7 Å². The van der Waals surface area contributed by atoms with Crippen LogP contribution in [0.1, 0.15) is 16.1 Å². The molecular weight excluding hydrogens is 346 g/mol. The molecule has 1 aromatic carbocycles. The molecule has 0 fully saturated rings. The molecule has 0 aliphatic heterocycles. The van der Waals surface area contributed by atoms with Crippen molar-refractivity contribution in [1.29, 1.82) is 0 Å². The predicted molar refractivity (Wildman–Crippen MR) is 84.5 cm³/mol. The Bertz CT molecular complexity index is 774. The second-order valence-corrected chi connectivity index (χ2v) is 5.39. The molecule has 3 rings (SSSR count). The van der Waals surface area contributed by atoms with Crippen LogP contribution in [0.25, 0.3) is 5.82 Å². The number of pyridine rings is 1. The average molecular weight is 358 g/mol. The molecule has 0 saturated carbocycles. The van der Waals surface area contributed by atoms with Crippen molar-refractivity contribution in [2.45, 2.75) is 6.54 Å². The first-order chi connectivity index (χ1) is 10.7. The van der Waals surface area contributed by atoms with E-state index in [2.05, 4.69) is 36.4 Å². The summed E-state index contributed by atoms with van der Waals surface area (Å²) in [5.41, 5.74) is 1.35. The molecule has 1 amide bonds. The normalized spacial score (nSPS) is 10.4. The fraction of sp³-hybridized carbons (Fsp3) is 0.0667. The summed E-state index contributed by atoms with van der Waals surface area (Å²) in [6, 6.07) is 13.3. The maximum absolute atomic E-state index is 12.3. The van der Waals surface area contributed by atoms with E-state index in [1.165, 1.54) is 12.7 Å². The largest absolute Gasteiger partial charge is 0.347 e. The van der Waals surface area contributed by atoms with Gasteiger partial charge in [0.25, 0.3) is 5.91 Å². The fourth-order valence-corrected chi connectivity index (χ4v) is 2.32. The van der Waals surface area contributed by atoms with Crippen LogP contribution in [0.15, 0.2) is 59.6 Å². The first-order valence-electron chi connectivity index (χ1n) is 6.58. The number of carbonyl (C=O) groups excluding carboxylic acids is 1. The molecule has 6 nitrogen and oxygen atoms in total. The monoisotopic (exact) mass is 357 g/mol. The minimum atomic E-state index is -0.245. The van der Waals surface area contributed by atoms with Gasteiger partial charge in [0, 0.05) is 11.0 Å². The Kier molecular flexibility index (Phi) is 4.24. The minimum absolute atomic E-state index is 0.245. The van der Waals surface area contributed by atoms with E-state index < -0.39 is 0 Å². The summed E-state index contributed by atoms with van der Waals surface area (Å²) >= 11 is 3.36. The molecule has 110 valence electrons. The molecule has 3 aromatic rings. The van der Waals surface area contributed by atoms with E-state index in [0.717, 1.165) is 5.56 Å². The number of hydrogen-bond donors (Lipinski definition) is 1. The van der Waals surface area contributed by atoms with E-state index in [4.69, 9.17) is 0 Å². The van der Waals surface area contributed by atoms with Crippen LogP contribution in [0.4, 0.5) is 0 Å². The number of aromatic nitrogens is 4. The minimum Gasteiger partial charge on any atom is -0.347 e. The van der Waals surface area contributed by atoms with Gasteiger partial charge in [0.2, 0.25) is 0 Å². The van der Waals surface area contributed by atoms with Crippen molar-refractivity contribution < 1.29 is 4.79 Å². The van der Waals surface area contributed by atoms with E-state index in [0.29, 0.717) is 22.5 Å². The second-order valence-electron chi connectivity index (χ2n) is 4.54. The molecule has 0 atom stereocenters. The summed E-state index contributed by atoms with van der Waals surface area (Å²) in [6.07, 6.45) is 3.06. The van der Waals surface area contributed by atoms with Gasteiger partial charge < -0.3 is 5.32 Å². The molecule has 0 spiro atoms. The number of hydrogen-bond acceptors (Lipinski definition) is 4. The summed E-state index contributed by atoms with van der Waals surface area (Å²) in [4.78, 5) is 16.7. The molecule has 0 radical (unpaired) electrons. The van der Waals surface area contributed by atoms with Gasteiger partial charge in [-0.1, -0.05) is 30.3 Å². The molecule has 2 aromatic heterocycles. The smallest absolute Gasteiger partial charge is 0.271 e. The van der Waals surface area contributed by atoms with Crippen LogP contribution in [0.3, 0.4) is 0 Å². The van der Waals surface area contributed by atoms with Crippen LogP contribution >= 0.6 is 15.9 Å². The van der Waals surface area contributed by atoms with Crippen LogP contribution in [0.2, 0.25) is 0 Å². The molecule has 0 unspecified atom stereocenters. The van der Waals surface area contributed by atoms with Crippen molar-refractivity contribution in [3.8, 4) is 5.82 Å². The number of carbonyl (C=O) groups is 1. The van der Waals surface area contributed by atoms with Gasteiger partial charge in [0.1, 0.15) is 24.2 Å². The van der Waals surface area contributed by atoms with Crippen LogP contribution in [-0.4, -0.2) is 25.7 Å². The number of halogens is 1. The van der Waals surface area contributed by atoms with Crippen LogP contribution in [-0.2, 0) is 6.54 Å². The molecule has 1 N–H and O–H groups in total. The highest BCUT2D eigenvalue weighted by molar-refractivity contribution is 9.10. The fourth-order valence-electron chi connectivity index (χ4n) is 1.92. The Morgan fingerprint density at radius 1 is 1.09 bits per heavy atom. The summed E-state index contributed by atoms with van der Waals surface area (Å²) in [6.45, 7) is 0.449. The van der Waals surface area contributed by atoms with Gasteiger partial charge >= 0.3 is 0 Å². The molecule has 2 heterocycles. The Morgan fingerprint density at radius 3 is 2.55 bits per heavy atom. The quantitative estimate of drug-likeness (QED) is 0.777. The van der Waals surface area contributed by atoms with Gasteiger partial charge in [-0.2, -0.15) is 0 Å². The molecule has 0 aliphatic carbocycles. The van der Waals surface area contributed by atoms with Gasteiger partial charge in [-0.3, -0.25) is 9.36 Å². The number of rotatable bonds is 4. The summed E-state index contributed by atoms with van der Waals surface area (Å²) in [5.74, 6) is 0.337. The van der Waals surface area contributed by atoms with Crippen molar-refractivity contribution in [2.75, 3.05) is 0 Å². The molecule has 0 saturated heterocycles. The van der Waals surface area contributed by atoms with Crippen molar-refractivity contribution >= 4 is 21.8 Å². The summed E-state index contributed by atoms with van der Waals surface area (Å²) in [7, 11) is 0. The highest BCUT2D eigenvalue weighted by Crippen LogP contribution is 2.17. The lowest BCUT2D eigenvalue weighted by atomic mass is 10.2. The van der Waals surface area contributed by atoms with Gasteiger partial charge in [0.15, 0.2) is 0 Å². The third kappa shape index (κ3) is 3.20. The molecule has 0 aliphatic rings. The predicted octanol–water partition coefficient (Wildman–Crippen LogP) is 2.35. The van der Waals surface area contributed by atoms with Crippen molar-refractivity contribution in [3.05, 3.63) is 70.8 Å². The number of amides is 1. The summed E-state index contributed by atoms with van der Waals surface area (Å²) in [5, 5.41) is 10.3. The standard InChI is InChI=1S/C15H12BrN5O/c16-12-6-7-13(21-9-18-19-10-21)20-14(12)15(22)17-8-11-4-2-1-3-5-11/h1-7,9-10H,8H2,(H,17,22). The maximum Gasteiger partial charge on any atom is 0.271 e. The Hall–Kier alpha value is -2.54. The van der Waals surface area contributed by atoms with Crippen molar-refractivity contribution in [2.24, 2.45) is 0 Å². The highest BCUT2D eigenvalue weighted by Gasteiger charge is 2.13. The number of nitrogens with one attached hydrogen (secondary N) is 1. The molecular formula is C15H12BrN5O. The van der Waals surface area contributed by atoms with Crippen LogP contribution in [0, 0.1) is 0 Å². The van der Waals surface area contributed by atoms with Gasteiger partial charge in [-0.05, 0) is 33.6 Å². The third-order valence-electron chi connectivity index (χ3n) is 3.03. The third-order valence-corrected chi connectivity index (χ3v) is 3.67. The lowest BCUT2D eigenvalue weighted by Gasteiger charge is -2.08. The lowest BCUT2D eigenvalue weighted by molar-refractivity contribution is 0.0945. The van der Waals surface area contributed by atoms with Crippen molar-refractivity contribution in [3.63, 3.8) is 0 Å². The highest BCUT2D eigenvalue weighted by atomic mass is 79.9. The molecule has 0 bridgehead atoms. The van der Waals surface area contributed by atoms with Crippen molar-refractivity contribution in [1.82, 2.24) is 25.1 Å². The van der Waals surface area contributed by atoms with E-state index in [1.54, 1.807) is 16.7 Å². The van der Waals surface area contributed by atoms with E-state index in [9.17, 15) is 4.79 Å². The van der Waals surface area contributed by atoms with E-state index in [-0.39, 0.29) is 5.91 Å². The average Bonchev–Trinajstić information content (AvgIpc) is 3.08. The Labute approximate surface area is 135 Å². The lowest BCUT2D eigenvalue weighted by Crippen LogP contribution is -2.24. The second kappa shape index (κ2) is 6.48. The zero-order valence-corrected chi connectivity index (χ0v) is 13.1. The maximum atomic E-state index is 12.3. The SMILES string of the molecule is O=C(NCc1ccccc1)c1nc(-n2cnnc2)ccc1Br. The van der Waals surface area contributed by atoms with Crippen LogP contribution < -0.4 is 5.32 Å². The Morgan fingerprint density at radius 2 is 1.82 bits per heavy atom. The zero-order chi connectivity index (χ0) is 15.4. The Balaban J connectivity index is 1.78. The molecule has 7 heteroatoms. The van der Waals surface area contributed by atoms with Gasteiger partial charge in [-0.25, -0.2) is 4.98 Å². The molecule has 22 heavy (non-hydrogen) atoms. The van der Waals surface area contributed by atoms with Gasteiger partial charge in [0.05, 0.1) is 0 Å². The van der Waals surface area contributed by atoms with Crippen LogP contribution in [0.5, 0.6) is 0 Å². The summed E-state index contributed by atoms with van der Waals surface area (Å²) < 4.78 is 2.27. The number of nitrogens with zero attached hydrogens (tertiary/aromatic N) is 4. The van der Waals surface area contributed by atoms with Gasteiger partial charge in [-0.15, -0.1) is 10.2 Å². The zero-order valence-electron chi connectivity index (χ0n) is 11.5. The van der Waals surface area contributed by atoms with E-state index >= 15 is 0 Å². The first kappa shape index (κ1) is 14.4.